The van der Waals surface area contributed by atoms with E-state index in [0.29, 0.717) is 0 Å². The first kappa shape index (κ1) is 10.8. The van der Waals surface area contributed by atoms with Gasteiger partial charge in [0.15, 0.2) is 0 Å². The third-order valence-electron chi connectivity index (χ3n) is 2.99. The summed E-state index contributed by atoms with van der Waals surface area (Å²) < 4.78 is 1.96. The smallest absolute Gasteiger partial charge is 0.0740 e. The van der Waals surface area contributed by atoms with Gasteiger partial charge in [0.05, 0.1) is 17.6 Å². The molecule has 18 heavy (non-hydrogen) atoms. The minimum atomic E-state index is 1.08. The summed E-state index contributed by atoms with van der Waals surface area (Å²) in [5.41, 5.74) is 4.64. The fourth-order valence-electron chi connectivity index (χ4n) is 2.02. The molecule has 0 amide bonds. The Morgan fingerprint density at radius 1 is 0.833 bits per heavy atom. The van der Waals surface area contributed by atoms with E-state index in [2.05, 4.69) is 48.4 Å². The van der Waals surface area contributed by atoms with Crippen molar-refractivity contribution in [3.05, 3.63) is 72.4 Å². The number of benzene rings is 2. The molecule has 0 aliphatic rings. The quantitative estimate of drug-likeness (QED) is 0.658. The van der Waals surface area contributed by atoms with Gasteiger partial charge in [0.1, 0.15) is 0 Å². The summed E-state index contributed by atoms with van der Waals surface area (Å²) in [5, 5.41) is 4.40. The van der Waals surface area contributed by atoms with Crippen molar-refractivity contribution in [1.82, 2.24) is 9.78 Å². The molecule has 0 fully saturated rings. The van der Waals surface area contributed by atoms with Crippen LogP contribution in [-0.2, 0) is 0 Å². The minimum Gasteiger partial charge on any atom is -0.233 e. The van der Waals surface area contributed by atoms with Gasteiger partial charge in [-0.15, -0.1) is 0 Å². The standard InChI is InChI=1S/C16H14N2/c1-13-7-9-14(10-8-13)16-11-12-17-18(16)15-5-3-2-4-6-15/h2-12H,1H3. The molecule has 0 radical (unpaired) electrons. The number of aryl methyl sites for hydroxylation is 1. The monoisotopic (exact) mass is 234 g/mol. The Labute approximate surface area is 107 Å². The van der Waals surface area contributed by atoms with Crippen LogP contribution in [0.1, 0.15) is 5.56 Å². The highest BCUT2D eigenvalue weighted by molar-refractivity contribution is 5.62. The highest BCUT2D eigenvalue weighted by atomic mass is 15.3. The van der Waals surface area contributed by atoms with Gasteiger partial charge in [-0.1, -0.05) is 48.0 Å². The van der Waals surface area contributed by atoms with Crippen LogP contribution < -0.4 is 0 Å². The number of rotatable bonds is 2. The lowest BCUT2D eigenvalue weighted by atomic mass is 10.1. The molecule has 0 saturated heterocycles. The van der Waals surface area contributed by atoms with Crippen molar-refractivity contribution in [2.45, 2.75) is 6.92 Å². The van der Waals surface area contributed by atoms with Crippen LogP contribution in [-0.4, -0.2) is 9.78 Å². The molecule has 1 aromatic heterocycles. The summed E-state index contributed by atoms with van der Waals surface area (Å²) in [6.07, 6.45) is 1.84. The lowest BCUT2D eigenvalue weighted by Crippen LogP contribution is -1.98. The van der Waals surface area contributed by atoms with Crippen LogP contribution in [0.4, 0.5) is 0 Å². The Hall–Kier alpha value is -2.35. The molecule has 0 saturated carbocycles. The summed E-state index contributed by atoms with van der Waals surface area (Å²) in [5.74, 6) is 0. The van der Waals surface area contributed by atoms with E-state index in [1.54, 1.807) is 0 Å². The fraction of sp³-hybridized carbons (Fsp3) is 0.0625. The molecule has 3 aromatic rings. The molecule has 2 heteroatoms. The number of hydrogen-bond donors (Lipinski definition) is 0. The normalized spacial score (nSPS) is 10.5. The zero-order valence-corrected chi connectivity index (χ0v) is 10.2. The summed E-state index contributed by atoms with van der Waals surface area (Å²) >= 11 is 0. The summed E-state index contributed by atoms with van der Waals surface area (Å²) in [6.45, 7) is 2.10. The van der Waals surface area contributed by atoms with Crippen LogP contribution in [0.3, 0.4) is 0 Å². The molecule has 2 aromatic carbocycles. The third kappa shape index (κ3) is 1.93. The maximum atomic E-state index is 4.40. The Morgan fingerprint density at radius 3 is 2.28 bits per heavy atom. The Bertz CT molecular complexity index is 636. The molecule has 88 valence electrons. The average molecular weight is 234 g/mol. The van der Waals surface area contributed by atoms with Crippen molar-refractivity contribution >= 4 is 0 Å². The molecule has 0 atom stereocenters. The second-order valence-corrected chi connectivity index (χ2v) is 4.33. The van der Waals surface area contributed by atoms with E-state index >= 15 is 0 Å². The molecule has 0 bridgehead atoms. The third-order valence-corrected chi connectivity index (χ3v) is 2.99. The van der Waals surface area contributed by atoms with Crippen LogP contribution >= 0.6 is 0 Å². The lowest BCUT2D eigenvalue weighted by Gasteiger charge is -2.07. The topological polar surface area (TPSA) is 17.8 Å². The van der Waals surface area contributed by atoms with Gasteiger partial charge in [0.2, 0.25) is 0 Å². The van der Waals surface area contributed by atoms with E-state index in [1.165, 1.54) is 11.1 Å². The summed E-state index contributed by atoms with van der Waals surface area (Å²) in [4.78, 5) is 0. The van der Waals surface area contributed by atoms with Gasteiger partial charge in [-0.3, -0.25) is 0 Å². The van der Waals surface area contributed by atoms with Gasteiger partial charge >= 0.3 is 0 Å². The largest absolute Gasteiger partial charge is 0.233 e. The van der Waals surface area contributed by atoms with Crippen LogP contribution in [0, 0.1) is 6.92 Å². The number of aromatic nitrogens is 2. The predicted octanol–water partition coefficient (Wildman–Crippen LogP) is 3.85. The zero-order valence-electron chi connectivity index (χ0n) is 10.2. The fourth-order valence-corrected chi connectivity index (χ4v) is 2.02. The minimum absolute atomic E-state index is 1.08. The van der Waals surface area contributed by atoms with Crippen LogP contribution in [0.15, 0.2) is 66.9 Å². The van der Waals surface area contributed by atoms with Gasteiger partial charge in [-0.2, -0.15) is 5.10 Å². The van der Waals surface area contributed by atoms with Crippen LogP contribution in [0.25, 0.3) is 16.9 Å². The van der Waals surface area contributed by atoms with Crippen molar-refractivity contribution in [1.29, 1.82) is 0 Å². The molecule has 0 unspecified atom stereocenters. The SMILES string of the molecule is Cc1ccc(-c2ccnn2-c2ccccc2)cc1. The molecule has 0 aliphatic carbocycles. The number of nitrogens with zero attached hydrogens (tertiary/aromatic N) is 2. The van der Waals surface area contributed by atoms with Crippen LogP contribution in [0.5, 0.6) is 0 Å². The Kier molecular flexibility index (Phi) is 2.69. The Balaban J connectivity index is 2.10. The predicted molar refractivity (Wildman–Crippen MR) is 73.7 cm³/mol. The Morgan fingerprint density at radius 2 is 1.56 bits per heavy atom. The summed E-state index contributed by atoms with van der Waals surface area (Å²) in [7, 11) is 0. The van der Waals surface area contributed by atoms with Gasteiger partial charge in [0.25, 0.3) is 0 Å². The van der Waals surface area contributed by atoms with Crippen molar-refractivity contribution < 1.29 is 0 Å². The molecular weight excluding hydrogens is 220 g/mol. The van der Waals surface area contributed by atoms with Crippen molar-refractivity contribution in [2.24, 2.45) is 0 Å². The molecule has 0 aliphatic heterocycles. The number of para-hydroxylation sites is 1. The van der Waals surface area contributed by atoms with Crippen molar-refractivity contribution in [3.8, 4) is 16.9 Å². The maximum Gasteiger partial charge on any atom is 0.0740 e. The molecule has 0 spiro atoms. The molecular formula is C16H14N2. The summed E-state index contributed by atoms with van der Waals surface area (Å²) in [6, 6.07) is 20.7. The van der Waals surface area contributed by atoms with Gasteiger partial charge < -0.3 is 0 Å². The molecule has 3 rings (SSSR count). The van der Waals surface area contributed by atoms with Crippen molar-refractivity contribution in [3.63, 3.8) is 0 Å². The highest BCUT2D eigenvalue weighted by Crippen LogP contribution is 2.22. The highest BCUT2D eigenvalue weighted by Gasteiger charge is 2.06. The van der Waals surface area contributed by atoms with Gasteiger partial charge in [-0.05, 0) is 25.1 Å². The van der Waals surface area contributed by atoms with E-state index in [0.717, 1.165) is 11.4 Å². The van der Waals surface area contributed by atoms with E-state index in [-0.39, 0.29) is 0 Å². The lowest BCUT2D eigenvalue weighted by molar-refractivity contribution is 0.888. The number of hydrogen-bond acceptors (Lipinski definition) is 1. The average Bonchev–Trinajstić information content (AvgIpc) is 2.90. The van der Waals surface area contributed by atoms with E-state index in [1.807, 2.05) is 35.1 Å². The molecule has 0 N–H and O–H groups in total. The van der Waals surface area contributed by atoms with E-state index in [9.17, 15) is 0 Å². The maximum absolute atomic E-state index is 4.40. The second-order valence-electron chi connectivity index (χ2n) is 4.33. The van der Waals surface area contributed by atoms with Gasteiger partial charge in [-0.25, -0.2) is 4.68 Å². The first-order valence-electron chi connectivity index (χ1n) is 6.01. The zero-order chi connectivity index (χ0) is 12.4. The van der Waals surface area contributed by atoms with E-state index < -0.39 is 0 Å². The van der Waals surface area contributed by atoms with Gasteiger partial charge in [0, 0.05) is 5.56 Å². The molecule has 2 nitrogen and oxygen atoms in total. The van der Waals surface area contributed by atoms with E-state index in [4.69, 9.17) is 0 Å². The van der Waals surface area contributed by atoms with Crippen molar-refractivity contribution in [2.75, 3.05) is 0 Å². The first-order chi connectivity index (χ1) is 8.84. The first-order valence-corrected chi connectivity index (χ1v) is 6.01. The molecule has 1 heterocycles. The second kappa shape index (κ2) is 4.49. The van der Waals surface area contributed by atoms with Crippen LogP contribution in [0.2, 0.25) is 0 Å².